The number of carbonyl (C=O) groups excluding carboxylic acids is 1. The van der Waals surface area contributed by atoms with Crippen molar-refractivity contribution in [3.8, 4) is 17.6 Å². The van der Waals surface area contributed by atoms with Crippen LogP contribution >= 0.6 is 11.3 Å². The smallest absolute Gasteiger partial charge is 0.268 e. The Morgan fingerprint density at radius 1 is 1.06 bits per heavy atom. The first-order valence-corrected chi connectivity index (χ1v) is 11.7. The molecule has 0 aliphatic heterocycles. The van der Waals surface area contributed by atoms with Crippen LogP contribution in [0.1, 0.15) is 21.7 Å². The van der Waals surface area contributed by atoms with Gasteiger partial charge in [0.2, 0.25) is 5.13 Å². The minimum Gasteiger partial charge on any atom is -0.493 e. The molecular formula is C27H21FN4O3S. The number of aromatic nitrogens is 2. The summed E-state index contributed by atoms with van der Waals surface area (Å²) in [7, 11) is 1.49. The molecule has 1 aromatic heterocycles. The molecule has 0 saturated heterocycles. The minimum absolute atomic E-state index is 0.100. The maximum Gasteiger partial charge on any atom is 0.268 e. The molecule has 9 heteroatoms. The largest absolute Gasteiger partial charge is 0.493 e. The fraction of sp³-hybridized carbons (Fsp3) is 0.111. The van der Waals surface area contributed by atoms with Gasteiger partial charge < -0.3 is 9.47 Å². The van der Waals surface area contributed by atoms with Crippen LogP contribution in [0.4, 0.5) is 9.52 Å². The van der Waals surface area contributed by atoms with Crippen molar-refractivity contribution >= 4 is 28.5 Å². The van der Waals surface area contributed by atoms with E-state index in [-0.39, 0.29) is 18.0 Å². The molecule has 1 amide bonds. The van der Waals surface area contributed by atoms with Crippen LogP contribution in [0.25, 0.3) is 6.08 Å². The van der Waals surface area contributed by atoms with E-state index < -0.39 is 5.91 Å². The monoisotopic (exact) mass is 500 g/mol. The summed E-state index contributed by atoms with van der Waals surface area (Å²) < 4.78 is 24.3. The summed E-state index contributed by atoms with van der Waals surface area (Å²) in [5.41, 5.74) is 2.36. The van der Waals surface area contributed by atoms with E-state index in [0.29, 0.717) is 28.6 Å². The maximum atomic E-state index is 13.1. The summed E-state index contributed by atoms with van der Waals surface area (Å²) in [5, 5.41) is 21.4. The molecular weight excluding hydrogens is 479 g/mol. The fourth-order valence-corrected chi connectivity index (χ4v) is 4.03. The Kier molecular flexibility index (Phi) is 8.01. The lowest BCUT2D eigenvalue weighted by atomic mass is 10.1. The van der Waals surface area contributed by atoms with Gasteiger partial charge in [-0.2, -0.15) is 5.26 Å². The molecule has 1 N–H and O–H groups in total. The number of carbonyl (C=O) groups is 1. The van der Waals surface area contributed by atoms with E-state index >= 15 is 0 Å². The maximum absolute atomic E-state index is 13.1. The predicted molar refractivity (Wildman–Crippen MR) is 135 cm³/mol. The Hall–Kier alpha value is -4.55. The lowest BCUT2D eigenvalue weighted by Gasteiger charge is -2.11. The first-order valence-electron chi connectivity index (χ1n) is 10.9. The zero-order valence-corrected chi connectivity index (χ0v) is 20.1. The molecule has 1 heterocycles. The van der Waals surface area contributed by atoms with Gasteiger partial charge in [0.25, 0.3) is 5.91 Å². The molecule has 0 aliphatic carbocycles. The van der Waals surface area contributed by atoms with Crippen LogP contribution in [0.5, 0.6) is 11.5 Å². The Morgan fingerprint density at radius 3 is 2.56 bits per heavy atom. The number of hydrogen-bond acceptors (Lipinski definition) is 7. The van der Waals surface area contributed by atoms with Gasteiger partial charge in [0.05, 0.1) is 7.11 Å². The highest BCUT2D eigenvalue weighted by atomic mass is 32.1. The average Bonchev–Trinajstić information content (AvgIpc) is 3.34. The summed E-state index contributed by atoms with van der Waals surface area (Å²) in [4.78, 5) is 12.7. The summed E-state index contributed by atoms with van der Waals surface area (Å²) >= 11 is 1.25. The van der Waals surface area contributed by atoms with Crippen LogP contribution in [0.15, 0.2) is 78.4 Å². The molecule has 0 radical (unpaired) electrons. The van der Waals surface area contributed by atoms with Gasteiger partial charge in [-0.05, 0) is 47.0 Å². The first-order chi connectivity index (χ1) is 17.5. The van der Waals surface area contributed by atoms with Gasteiger partial charge in [-0.1, -0.05) is 59.9 Å². The number of hydrogen-bond donors (Lipinski definition) is 1. The predicted octanol–water partition coefficient (Wildman–Crippen LogP) is 5.40. The third-order valence-electron chi connectivity index (χ3n) is 5.06. The molecule has 3 aromatic carbocycles. The summed E-state index contributed by atoms with van der Waals surface area (Å²) in [6.45, 7) is 0.228. The van der Waals surface area contributed by atoms with Gasteiger partial charge in [-0.25, -0.2) is 4.39 Å². The van der Waals surface area contributed by atoms with Gasteiger partial charge >= 0.3 is 0 Å². The van der Waals surface area contributed by atoms with Gasteiger partial charge in [0, 0.05) is 6.42 Å². The number of halogens is 1. The number of rotatable bonds is 9. The molecule has 0 aliphatic rings. The van der Waals surface area contributed by atoms with Crippen molar-refractivity contribution in [3.05, 3.63) is 106 Å². The lowest BCUT2D eigenvalue weighted by molar-refractivity contribution is -0.112. The highest BCUT2D eigenvalue weighted by Crippen LogP contribution is 2.30. The van der Waals surface area contributed by atoms with Crippen molar-refractivity contribution in [2.75, 3.05) is 12.4 Å². The van der Waals surface area contributed by atoms with Crippen molar-refractivity contribution < 1.29 is 18.7 Å². The SMILES string of the molecule is COc1cc(C=C(C#N)C(=O)Nc2nnc(Cc3ccccc3)s2)ccc1OCc1ccc(F)cc1. The number of methoxy groups -OCH3 is 1. The quantitative estimate of drug-likeness (QED) is 0.244. The number of nitrogens with one attached hydrogen (secondary N) is 1. The van der Waals surface area contributed by atoms with Gasteiger partial charge in [-0.15, -0.1) is 10.2 Å². The molecule has 0 fully saturated rings. The second-order valence-electron chi connectivity index (χ2n) is 7.61. The fourth-order valence-electron chi connectivity index (χ4n) is 3.26. The van der Waals surface area contributed by atoms with E-state index in [2.05, 4.69) is 15.5 Å². The number of amides is 1. The second kappa shape index (κ2) is 11.7. The molecule has 7 nitrogen and oxygen atoms in total. The number of benzene rings is 3. The molecule has 0 bridgehead atoms. The Labute approximate surface area is 211 Å². The van der Waals surface area contributed by atoms with Gasteiger partial charge in [0.15, 0.2) is 11.5 Å². The first kappa shape index (κ1) is 24.6. The minimum atomic E-state index is -0.587. The summed E-state index contributed by atoms with van der Waals surface area (Å²) in [6.07, 6.45) is 2.05. The van der Waals surface area contributed by atoms with E-state index in [1.165, 1.54) is 36.7 Å². The van der Waals surface area contributed by atoms with E-state index in [1.54, 1.807) is 30.3 Å². The third-order valence-corrected chi connectivity index (χ3v) is 5.90. The van der Waals surface area contributed by atoms with Crippen LogP contribution in [0, 0.1) is 17.1 Å². The van der Waals surface area contributed by atoms with Crippen LogP contribution in [-0.2, 0) is 17.8 Å². The van der Waals surface area contributed by atoms with E-state index in [9.17, 15) is 14.4 Å². The average molecular weight is 501 g/mol. The normalized spacial score (nSPS) is 11.0. The topological polar surface area (TPSA) is 97.1 Å². The van der Waals surface area contributed by atoms with Crippen molar-refractivity contribution in [3.63, 3.8) is 0 Å². The molecule has 0 spiro atoms. The Balaban J connectivity index is 1.42. The number of nitrogens with zero attached hydrogens (tertiary/aromatic N) is 3. The summed E-state index contributed by atoms with van der Waals surface area (Å²) in [6, 6.07) is 22.8. The number of ether oxygens (including phenoxy) is 2. The van der Waals surface area contributed by atoms with E-state index in [1.807, 2.05) is 36.4 Å². The molecule has 36 heavy (non-hydrogen) atoms. The zero-order chi connectivity index (χ0) is 25.3. The van der Waals surface area contributed by atoms with Crippen LogP contribution < -0.4 is 14.8 Å². The molecule has 4 aromatic rings. The summed E-state index contributed by atoms with van der Waals surface area (Å²) in [5.74, 6) is -0.000886. The number of nitriles is 1. The zero-order valence-electron chi connectivity index (χ0n) is 19.3. The van der Waals surface area contributed by atoms with Crippen molar-refractivity contribution in [2.24, 2.45) is 0 Å². The highest BCUT2D eigenvalue weighted by molar-refractivity contribution is 7.15. The van der Waals surface area contributed by atoms with Crippen LogP contribution in [0.3, 0.4) is 0 Å². The molecule has 0 unspecified atom stereocenters. The highest BCUT2D eigenvalue weighted by Gasteiger charge is 2.14. The van der Waals surface area contributed by atoms with E-state index in [4.69, 9.17) is 9.47 Å². The van der Waals surface area contributed by atoms with Gasteiger partial charge in [-0.3, -0.25) is 10.1 Å². The van der Waals surface area contributed by atoms with Crippen molar-refractivity contribution in [1.82, 2.24) is 10.2 Å². The second-order valence-corrected chi connectivity index (χ2v) is 8.67. The molecule has 4 rings (SSSR count). The lowest BCUT2D eigenvalue weighted by Crippen LogP contribution is -2.13. The molecule has 0 atom stereocenters. The van der Waals surface area contributed by atoms with Gasteiger partial charge in [0.1, 0.15) is 29.1 Å². The standard InChI is InChI=1S/C27H21FN4O3S/c1-34-24-14-20(9-12-23(24)35-17-19-7-10-22(28)11-8-19)13-21(16-29)26(33)30-27-32-31-25(36-27)15-18-5-3-2-4-6-18/h2-14H,15,17H2,1H3,(H,30,32,33). The van der Waals surface area contributed by atoms with Crippen LogP contribution in [-0.4, -0.2) is 23.2 Å². The van der Waals surface area contributed by atoms with Crippen LogP contribution in [0.2, 0.25) is 0 Å². The van der Waals surface area contributed by atoms with Crippen molar-refractivity contribution in [1.29, 1.82) is 5.26 Å². The third kappa shape index (κ3) is 6.52. The Morgan fingerprint density at radius 2 is 1.83 bits per heavy atom. The Bertz CT molecular complexity index is 1410. The van der Waals surface area contributed by atoms with Crippen molar-refractivity contribution in [2.45, 2.75) is 13.0 Å². The molecule has 0 saturated carbocycles. The molecule has 180 valence electrons. The number of anilines is 1. The van der Waals surface area contributed by atoms with E-state index in [0.717, 1.165) is 16.1 Å².